The van der Waals surface area contributed by atoms with Crippen molar-refractivity contribution >= 4 is 21.8 Å². The number of benzene rings is 1. The van der Waals surface area contributed by atoms with E-state index in [2.05, 4.69) is 27.3 Å². The molecule has 1 N–H and O–H groups in total. The molecule has 20 heavy (non-hydrogen) atoms. The molecule has 0 bridgehead atoms. The molecule has 0 radical (unpaired) electrons. The van der Waals surface area contributed by atoms with Crippen LogP contribution in [0.2, 0.25) is 0 Å². The van der Waals surface area contributed by atoms with Gasteiger partial charge in [-0.25, -0.2) is 0 Å². The molecule has 0 saturated carbocycles. The third-order valence-corrected chi connectivity index (χ3v) is 3.84. The molecule has 5 heteroatoms. The number of halogens is 1. The molecule has 1 heterocycles. The van der Waals surface area contributed by atoms with Crippen LogP contribution in [0.4, 0.5) is 0 Å². The van der Waals surface area contributed by atoms with Crippen molar-refractivity contribution in [2.45, 2.75) is 32.7 Å². The van der Waals surface area contributed by atoms with Crippen LogP contribution in [0.15, 0.2) is 22.7 Å². The fraction of sp³-hybridized carbons (Fsp3) is 0.467. The van der Waals surface area contributed by atoms with Gasteiger partial charge in [0.2, 0.25) is 5.91 Å². The van der Waals surface area contributed by atoms with Gasteiger partial charge in [-0.15, -0.1) is 0 Å². The van der Waals surface area contributed by atoms with Crippen LogP contribution in [0.3, 0.4) is 0 Å². The summed E-state index contributed by atoms with van der Waals surface area (Å²) in [6.45, 7) is 6.10. The Morgan fingerprint density at radius 2 is 2.25 bits per heavy atom. The average molecular weight is 337 g/mol. The minimum absolute atomic E-state index is 0.164. The minimum Gasteiger partial charge on any atom is -0.492 e. The molecule has 0 fully saturated rings. The van der Waals surface area contributed by atoms with Crippen molar-refractivity contribution in [3.8, 4) is 11.8 Å². The van der Waals surface area contributed by atoms with Crippen molar-refractivity contribution < 1.29 is 9.53 Å². The molecule has 106 valence electrons. The number of fused-ring (bicyclic) bond motifs is 1. The van der Waals surface area contributed by atoms with E-state index in [9.17, 15) is 10.1 Å². The highest BCUT2D eigenvalue weighted by Gasteiger charge is 2.34. The van der Waals surface area contributed by atoms with Gasteiger partial charge in [0.1, 0.15) is 24.3 Å². The van der Waals surface area contributed by atoms with E-state index in [1.54, 1.807) is 0 Å². The Balaban J connectivity index is 2.17. The highest BCUT2D eigenvalue weighted by molar-refractivity contribution is 9.10. The van der Waals surface area contributed by atoms with Crippen LogP contribution in [0, 0.1) is 16.7 Å². The van der Waals surface area contributed by atoms with E-state index >= 15 is 0 Å². The minimum atomic E-state index is -0.522. The zero-order valence-electron chi connectivity index (χ0n) is 11.7. The third kappa shape index (κ3) is 2.96. The van der Waals surface area contributed by atoms with Crippen molar-refractivity contribution in [1.29, 1.82) is 5.26 Å². The lowest BCUT2D eigenvalue weighted by Crippen LogP contribution is -2.44. The number of nitriles is 1. The Kier molecular flexibility index (Phi) is 4.05. The Bertz CT molecular complexity index is 572. The molecular weight excluding hydrogens is 320 g/mol. The van der Waals surface area contributed by atoms with Crippen LogP contribution < -0.4 is 10.1 Å². The predicted octanol–water partition coefficient (Wildman–Crippen LogP) is 2.98. The van der Waals surface area contributed by atoms with E-state index in [-0.39, 0.29) is 17.2 Å². The van der Waals surface area contributed by atoms with Crippen LogP contribution in [0.5, 0.6) is 5.75 Å². The first kappa shape index (κ1) is 14.9. The number of hydrogen-bond acceptors (Lipinski definition) is 3. The molecule has 1 amide bonds. The van der Waals surface area contributed by atoms with Crippen LogP contribution in [0.1, 0.15) is 32.3 Å². The molecule has 1 aliphatic rings. The quantitative estimate of drug-likeness (QED) is 0.902. The summed E-state index contributed by atoms with van der Waals surface area (Å²) in [5, 5.41) is 12.0. The maximum atomic E-state index is 12.4. The first-order valence-corrected chi connectivity index (χ1v) is 7.24. The molecule has 0 aliphatic carbocycles. The van der Waals surface area contributed by atoms with Crippen molar-refractivity contribution in [2.24, 2.45) is 5.41 Å². The third-order valence-electron chi connectivity index (χ3n) is 3.35. The van der Waals surface area contributed by atoms with Gasteiger partial charge in [0.15, 0.2) is 0 Å². The van der Waals surface area contributed by atoms with Gasteiger partial charge in [0, 0.05) is 10.0 Å². The Labute approximate surface area is 127 Å². The number of rotatable bonds is 2. The van der Waals surface area contributed by atoms with Crippen molar-refractivity contribution in [3.05, 3.63) is 28.2 Å². The van der Waals surface area contributed by atoms with Gasteiger partial charge < -0.3 is 10.1 Å². The lowest BCUT2D eigenvalue weighted by molar-refractivity contribution is -0.123. The maximum absolute atomic E-state index is 12.4. The lowest BCUT2D eigenvalue weighted by Gasteiger charge is -2.26. The SMILES string of the molecule is CC(C)(C)[C@@H](C#N)NC(=O)[C@@H]1COc2ccc(Br)cc21. The second-order valence-corrected chi connectivity index (χ2v) is 6.90. The smallest absolute Gasteiger partial charge is 0.232 e. The summed E-state index contributed by atoms with van der Waals surface area (Å²) in [4.78, 5) is 12.4. The van der Waals surface area contributed by atoms with Gasteiger partial charge in [0.25, 0.3) is 0 Å². The van der Waals surface area contributed by atoms with Crippen LogP contribution in [0.25, 0.3) is 0 Å². The van der Waals surface area contributed by atoms with Crippen LogP contribution >= 0.6 is 15.9 Å². The Hall–Kier alpha value is -1.54. The highest BCUT2D eigenvalue weighted by atomic mass is 79.9. The molecule has 1 aliphatic heterocycles. The Morgan fingerprint density at radius 1 is 1.55 bits per heavy atom. The fourth-order valence-electron chi connectivity index (χ4n) is 2.09. The van der Waals surface area contributed by atoms with Gasteiger partial charge in [-0.3, -0.25) is 4.79 Å². The zero-order chi connectivity index (χ0) is 14.9. The second kappa shape index (κ2) is 5.45. The van der Waals surface area contributed by atoms with Crippen molar-refractivity contribution in [2.75, 3.05) is 6.61 Å². The van der Waals surface area contributed by atoms with Crippen molar-refractivity contribution in [1.82, 2.24) is 5.32 Å². The summed E-state index contributed by atoms with van der Waals surface area (Å²) in [5.74, 6) is 0.210. The number of nitrogens with zero attached hydrogens (tertiary/aromatic N) is 1. The van der Waals surface area contributed by atoms with Gasteiger partial charge >= 0.3 is 0 Å². The molecule has 0 saturated heterocycles. The van der Waals surface area contributed by atoms with Crippen LogP contribution in [-0.4, -0.2) is 18.6 Å². The van der Waals surface area contributed by atoms with Gasteiger partial charge in [-0.05, 0) is 23.6 Å². The molecule has 4 nitrogen and oxygen atoms in total. The first-order valence-electron chi connectivity index (χ1n) is 6.45. The standard InChI is InChI=1S/C15H17BrN2O2/c1-15(2,3)13(7-17)18-14(19)11-8-20-12-5-4-9(16)6-10(11)12/h4-6,11,13H,8H2,1-3H3,(H,18,19)/t11-,13-/m1/s1. The number of hydrogen-bond donors (Lipinski definition) is 1. The number of carbonyl (C=O) groups is 1. The molecular formula is C15H17BrN2O2. The van der Waals surface area contributed by atoms with E-state index in [1.807, 2.05) is 39.0 Å². The average Bonchev–Trinajstić information content (AvgIpc) is 2.77. The van der Waals surface area contributed by atoms with Gasteiger partial charge in [0.05, 0.1) is 6.07 Å². The second-order valence-electron chi connectivity index (χ2n) is 5.98. The van der Waals surface area contributed by atoms with E-state index < -0.39 is 6.04 Å². The number of nitrogens with one attached hydrogen (secondary N) is 1. The summed E-state index contributed by atoms with van der Waals surface area (Å²) in [7, 11) is 0. The first-order chi connectivity index (χ1) is 9.32. The number of ether oxygens (including phenoxy) is 1. The molecule has 1 aromatic rings. The fourth-order valence-corrected chi connectivity index (χ4v) is 2.47. The number of carbonyl (C=O) groups excluding carboxylic acids is 1. The van der Waals surface area contributed by atoms with E-state index in [1.165, 1.54) is 0 Å². The summed E-state index contributed by atoms with van der Waals surface area (Å²) in [5.41, 5.74) is 0.562. The molecule has 0 spiro atoms. The summed E-state index contributed by atoms with van der Waals surface area (Å²) >= 11 is 3.40. The number of amides is 1. The molecule has 1 aromatic carbocycles. The maximum Gasteiger partial charge on any atom is 0.232 e. The van der Waals surface area contributed by atoms with Crippen LogP contribution in [-0.2, 0) is 4.79 Å². The molecule has 0 aromatic heterocycles. The molecule has 2 rings (SSSR count). The summed E-state index contributed by atoms with van der Waals surface area (Å²) in [6.07, 6.45) is 0. The van der Waals surface area contributed by atoms with Gasteiger partial charge in [-0.2, -0.15) is 5.26 Å². The molecule has 0 unspecified atom stereocenters. The highest BCUT2D eigenvalue weighted by Crippen LogP contribution is 2.36. The largest absolute Gasteiger partial charge is 0.492 e. The lowest BCUT2D eigenvalue weighted by atomic mass is 9.87. The summed E-state index contributed by atoms with van der Waals surface area (Å²) in [6, 6.07) is 7.25. The normalized spacial score (nSPS) is 18.6. The Morgan fingerprint density at radius 3 is 2.85 bits per heavy atom. The topological polar surface area (TPSA) is 62.1 Å². The monoisotopic (exact) mass is 336 g/mol. The molecule has 2 atom stereocenters. The van der Waals surface area contributed by atoms with Gasteiger partial charge in [-0.1, -0.05) is 36.7 Å². The zero-order valence-corrected chi connectivity index (χ0v) is 13.3. The predicted molar refractivity (Wildman–Crippen MR) is 79.4 cm³/mol. The van der Waals surface area contributed by atoms with Crippen molar-refractivity contribution in [3.63, 3.8) is 0 Å². The van der Waals surface area contributed by atoms with E-state index in [0.717, 1.165) is 15.8 Å². The summed E-state index contributed by atoms with van der Waals surface area (Å²) < 4.78 is 6.43. The van der Waals surface area contributed by atoms with E-state index in [4.69, 9.17) is 4.74 Å². The van der Waals surface area contributed by atoms with E-state index in [0.29, 0.717) is 6.61 Å².